The summed E-state index contributed by atoms with van der Waals surface area (Å²) in [6, 6.07) is 16.8. The number of halogens is 1. The van der Waals surface area contributed by atoms with Gasteiger partial charge < -0.3 is 9.84 Å². The van der Waals surface area contributed by atoms with Gasteiger partial charge in [-0.2, -0.15) is 0 Å². The maximum atomic E-state index is 12.0. The molecule has 1 heterocycles. The van der Waals surface area contributed by atoms with E-state index < -0.39 is 5.97 Å². The number of rotatable bonds is 5. The standard InChI is InChI=1S/C19H13ClO4S/c20-18-10-9-17(25-18)16(22)11-24-19(23)14-3-1-12(2-4-14)13-5-7-15(21)8-6-13/h1-10,21H,11H2. The lowest BCUT2D eigenvalue weighted by Gasteiger charge is -2.05. The van der Waals surface area contributed by atoms with Gasteiger partial charge in [0.15, 0.2) is 6.61 Å². The molecule has 3 rings (SSSR count). The zero-order valence-corrected chi connectivity index (χ0v) is 14.5. The molecule has 0 aliphatic heterocycles. The van der Waals surface area contributed by atoms with Crippen LogP contribution >= 0.6 is 22.9 Å². The van der Waals surface area contributed by atoms with Crippen molar-refractivity contribution in [3.8, 4) is 16.9 Å². The third kappa shape index (κ3) is 4.26. The fraction of sp³-hybridized carbons (Fsp3) is 0.0526. The second-order valence-corrected chi connectivity index (χ2v) is 6.94. The molecule has 0 fully saturated rings. The molecule has 0 unspecified atom stereocenters. The van der Waals surface area contributed by atoms with Gasteiger partial charge in [0.1, 0.15) is 5.75 Å². The van der Waals surface area contributed by atoms with Crippen molar-refractivity contribution in [3.05, 3.63) is 75.4 Å². The van der Waals surface area contributed by atoms with E-state index in [1.54, 1.807) is 60.7 Å². The van der Waals surface area contributed by atoms with E-state index in [9.17, 15) is 14.7 Å². The molecule has 25 heavy (non-hydrogen) atoms. The van der Waals surface area contributed by atoms with Gasteiger partial charge in [0.2, 0.25) is 5.78 Å². The lowest BCUT2D eigenvalue weighted by Crippen LogP contribution is -2.13. The van der Waals surface area contributed by atoms with E-state index in [4.69, 9.17) is 16.3 Å². The van der Waals surface area contributed by atoms with E-state index in [0.29, 0.717) is 14.8 Å². The van der Waals surface area contributed by atoms with Crippen molar-refractivity contribution in [1.29, 1.82) is 0 Å². The molecule has 0 amide bonds. The largest absolute Gasteiger partial charge is 0.508 e. The van der Waals surface area contributed by atoms with Crippen molar-refractivity contribution < 1.29 is 19.4 Å². The molecule has 0 atom stereocenters. The summed E-state index contributed by atoms with van der Waals surface area (Å²) in [5.74, 6) is -0.653. The molecule has 1 N–H and O–H groups in total. The number of ketones is 1. The molecule has 126 valence electrons. The van der Waals surface area contributed by atoms with Crippen LogP contribution in [0.1, 0.15) is 20.0 Å². The fourth-order valence-electron chi connectivity index (χ4n) is 2.20. The van der Waals surface area contributed by atoms with Gasteiger partial charge >= 0.3 is 5.97 Å². The normalized spacial score (nSPS) is 10.4. The molecule has 4 nitrogen and oxygen atoms in total. The minimum absolute atomic E-state index is 0.195. The monoisotopic (exact) mass is 372 g/mol. The number of hydrogen-bond acceptors (Lipinski definition) is 5. The summed E-state index contributed by atoms with van der Waals surface area (Å²) in [5, 5.41) is 9.31. The number of aromatic hydroxyl groups is 1. The minimum Gasteiger partial charge on any atom is -0.508 e. The van der Waals surface area contributed by atoms with Crippen molar-refractivity contribution in [2.75, 3.05) is 6.61 Å². The second kappa shape index (κ2) is 7.51. The van der Waals surface area contributed by atoms with Gasteiger partial charge in [-0.25, -0.2) is 4.79 Å². The van der Waals surface area contributed by atoms with Crippen LogP contribution in [0.5, 0.6) is 5.75 Å². The van der Waals surface area contributed by atoms with Crippen LogP contribution in [-0.4, -0.2) is 23.5 Å². The molecule has 0 saturated heterocycles. The summed E-state index contributed by atoms with van der Waals surface area (Å²) in [6.45, 7) is -0.324. The lowest BCUT2D eigenvalue weighted by atomic mass is 10.0. The Hall–Kier alpha value is -2.63. The van der Waals surface area contributed by atoms with Crippen LogP contribution in [0.25, 0.3) is 11.1 Å². The van der Waals surface area contributed by atoms with E-state index in [2.05, 4.69) is 0 Å². The molecule has 0 aliphatic rings. The minimum atomic E-state index is -0.562. The zero-order chi connectivity index (χ0) is 17.8. The third-order valence-electron chi connectivity index (χ3n) is 3.50. The molecule has 0 aliphatic carbocycles. The second-order valence-electron chi connectivity index (χ2n) is 5.23. The number of phenols is 1. The Labute approximate surface area is 153 Å². The number of thiophene rings is 1. The highest BCUT2D eigenvalue weighted by Gasteiger charge is 2.13. The van der Waals surface area contributed by atoms with Crippen molar-refractivity contribution in [2.45, 2.75) is 0 Å². The number of esters is 1. The average Bonchev–Trinajstić information content (AvgIpc) is 3.07. The number of carbonyl (C=O) groups excluding carboxylic acids is 2. The summed E-state index contributed by atoms with van der Waals surface area (Å²) in [5.41, 5.74) is 2.18. The molecule has 1 aromatic heterocycles. The Morgan fingerprint density at radius 2 is 1.52 bits per heavy atom. The van der Waals surface area contributed by atoms with Gasteiger partial charge in [-0.05, 0) is 47.5 Å². The van der Waals surface area contributed by atoms with E-state index >= 15 is 0 Å². The maximum absolute atomic E-state index is 12.0. The molecule has 0 radical (unpaired) electrons. The summed E-state index contributed by atoms with van der Waals surface area (Å²) in [7, 11) is 0. The van der Waals surface area contributed by atoms with Crippen molar-refractivity contribution in [3.63, 3.8) is 0 Å². The third-order valence-corrected chi connectivity index (χ3v) is 4.78. The van der Waals surface area contributed by atoms with Gasteiger partial charge in [-0.1, -0.05) is 35.9 Å². The van der Waals surface area contributed by atoms with E-state index in [-0.39, 0.29) is 18.1 Å². The van der Waals surface area contributed by atoms with Crippen LogP contribution in [-0.2, 0) is 4.74 Å². The van der Waals surface area contributed by atoms with Gasteiger partial charge in [0, 0.05) is 0 Å². The molecule has 2 aromatic carbocycles. The molecular formula is C19H13ClO4S. The Bertz CT molecular complexity index is 898. The molecule has 3 aromatic rings. The average molecular weight is 373 g/mol. The number of carbonyl (C=O) groups is 2. The SMILES string of the molecule is O=C(OCC(=O)c1ccc(Cl)s1)c1ccc(-c2ccc(O)cc2)cc1. The molecule has 0 saturated carbocycles. The number of benzene rings is 2. The van der Waals surface area contributed by atoms with Gasteiger partial charge in [-0.15, -0.1) is 11.3 Å². The highest BCUT2D eigenvalue weighted by Crippen LogP contribution is 2.23. The fourth-order valence-corrected chi connectivity index (χ4v) is 3.17. The number of Topliss-reactive ketones (excluding diaryl/α,β-unsaturated/α-hetero) is 1. The molecule has 0 bridgehead atoms. The molecule has 6 heteroatoms. The Balaban J connectivity index is 1.62. The Morgan fingerprint density at radius 3 is 2.08 bits per heavy atom. The van der Waals surface area contributed by atoms with E-state index in [1.165, 1.54) is 0 Å². The molecule has 0 spiro atoms. The quantitative estimate of drug-likeness (QED) is 0.515. The van der Waals surface area contributed by atoms with Crippen LogP contribution in [0.15, 0.2) is 60.7 Å². The van der Waals surface area contributed by atoms with Gasteiger partial charge in [0.05, 0.1) is 14.8 Å². The van der Waals surface area contributed by atoms with Crippen molar-refractivity contribution >= 4 is 34.7 Å². The topological polar surface area (TPSA) is 63.6 Å². The van der Waals surface area contributed by atoms with Crippen LogP contribution in [0.4, 0.5) is 0 Å². The summed E-state index contributed by atoms with van der Waals surface area (Å²) < 4.78 is 5.57. The highest BCUT2D eigenvalue weighted by molar-refractivity contribution is 7.18. The highest BCUT2D eigenvalue weighted by atomic mass is 35.5. The van der Waals surface area contributed by atoms with Gasteiger partial charge in [0.25, 0.3) is 0 Å². The number of hydrogen-bond donors (Lipinski definition) is 1. The first kappa shape index (κ1) is 17.2. The van der Waals surface area contributed by atoms with Gasteiger partial charge in [-0.3, -0.25) is 4.79 Å². The van der Waals surface area contributed by atoms with Crippen LogP contribution in [0.2, 0.25) is 4.34 Å². The van der Waals surface area contributed by atoms with Crippen LogP contribution in [0.3, 0.4) is 0 Å². The number of ether oxygens (including phenoxy) is 1. The van der Waals surface area contributed by atoms with Crippen molar-refractivity contribution in [2.24, 2.45) is 0 Å². The first-order valence-corrected chi connectivity index (χ1v) is 8.57. The van der Waals surface area contributed by atoms with Crippen LogP contribution < -0.4 is 0 Å². The smallest absolute Gasteiger partial charge is 0.338 e. The van der Waals surface area contributed by atoms with Crippen molar-refractivity contribution in [1.82, 2.24) is 0 Å². The van der Waals surface area contributed by atoms with E-state index in [0.717, 1.165) is 22.5 Å². The first-order valence-electron chi connectivity index (χ1n) is 7.38. The Kier molecular flexibility index (Phi) is 5.16. The summed E-state index contributed by atoms with van der Waals surface area (Å²) >= 11 is 6.93. The molecular weight excluding hydrogens is 360 g/mol. The predicted molar refractivity (Wildman–Crippen MR) is 97.5 cm³/mol. The number of phenolic OH excluding ortho intramolecular Hbond substituents is 1. The summed E-state index contributed by atoms with van der Waals surface area (Å²) in [4.78, 5) is 24.4. The maximum Gasteiger partial charge on any atom is 0.338 e. The Morgan fingerprint density at radius 1 is 0.920 bits per heavy atom. The first-order chi connectivity index (χ1) is 12.0. The van der Waals surface area contributed by atoms with Crippen LogP contribution in [0, 0.1) is 0 Å². The predicted octanol–water partition coefficient (Wildman–Crippen LogP) is 4.81. The van der Waals surface area contributed by atoms with E-state index in [1.807, 2.05) is 0 Å². The zero-order valence-electron chi connectivity index (χ0n) is 12.9. The summed E-state index contributed by atoms with van der Waals surface area (Å²) in [6.07, 6.45) is 0. The lowest BCUT2D eigenvalue weighted by molar-refractivity contribution is 0.0476.